The van der Waals surface area contributed by atoms with Gasteiger partial charge < -0.3 is 0 Å². The molecule has 0 fully saturated rings. The maximum absolute atomic E-state index is 13.4. The molecule has 0 atom stereocenters. The lowest BCUT2D eigenvalue weighted by atomic mass is 10.2. The molecule has 0 spiro atoms. The van der Waals surface area contributed by atoms with Gasteiger partial charge in [0.05, 0.1) is 16.8 Å². The van der Waals surface area contributed by atoms with Gasteiger partial charge in [-0.15, -0.1) is 0 Å². The lowest BCUT2D eigenvalue weighted by Crippen LogP contribution is -2.13. The van der Waals surface area contributed by atoms with Crippen molar-refractivity contribution in [2.75, 3.05) is 4.72 Å². The Morgan fingerprint density at radius 1 is 1.38 bits per heavy atom. The van der Waals surface area contributed by atoms with Gasteiger partial charge in [0, 0.05) is 6.20 Å². The number of hydrogen-bond acceptors (Lipinski definition) is 3. The van der Waals surface area contributed by atoms with Crippen molar-refractivity contribution in [3.8, 4) is 0 Å². The van der Waals surface area contributed by atoms with Crippen LogP contribution in [0.25, 0.3) is 0 Å². The van der Waals surface area contributed by atoms with Crippen LogP contribution in [0.4, 0.5) is 18.9 Å². The second-order valence-electron chi connectivity index (χ2n) is 4.36. The predicted molar refractivity (Wildman–Crippen MR) is 70.2 cm³/mol. The van der Waals surface area contributed by atoms with Crippen molar-refractivity contribution in [2.24, 2.45) is 0 Å². The van der Waals surface area contributed by atoms with E-state index in [9.17, 15) is 21.6 Å². The first-order valence-electron chi connectivity index (χ1n) is 5.87. The monoisotopic (exact) mass is 319 g/mol. The van der Waals surface area contributed by atoms with Gasteiger partial charge in [0.25, 0.3) is 16.4 Å². The number of halogens is 3. The minimum Gasteiger partial charge on any atom is -0.276 e. The summed E-state index contributed by atoms with van der Waals surface area (Å²) in [6.45, 7) is 0.869. The van der Waals surface area contributed by atoms with Crippen molar-refractivity contribution in [1.82, 2.24) is 9.78 Å². The summed E-state index contributed by atoms with van der Waals surface area (Å²) in [6, 6.07) is 3.48. The molecule has 2 aromatic rings. The van der Waals surface area contributed by atoms with Crippen molar-refractivity contribution in [1.29, 1.82) is 0 Å². The van der Waals surface area contributed by atoms with Gasteiger partial charge in [-0.25, -0.2) is 21.6 Å². The number of sulfonamides is 1. The van der Waals surface area contributed by atoms with Crippen LogP contribution in [0, 0.1) is 12.7 Å². The highest BCUT2D eigenvalue weighted by Crippen LogP contribution is 2.18. The fourth-order valence-electron chi connectivity index (χ4n) is 1.61. The van der Waals surface area contributed by atoms with E-state index in [0.29, 0.717) is 5.56 Å². The van der Waals surface area contributed by atoms with Gasteiger partial charge in [-0.1, -0.05) is 6.07 Å². The molecule has 0 saturated heterocycles. The first-order valence-corrected chi connectivity index (χ1v) is 7.36. The third-order valence-corrected chi connectivity index (χ3v) is 4.04. The van der Waals surface area contributed by atoms with Gasteiger partial charge in [-0.05, 0) is 24.6 Å². The van der Waals surface area contributed by atoms with Crippen LogP contribution in [0.3, 0.4) is 0 Å². The smallest absolute Gasteiger partial charge is 0.262 e. The molecule has 0 unspecified atom stereocenters. The molecule has 0 radical (unpaired) electrons. The lowest BCUT2D eigenvalue weighted by molar-refractivity contribution is 0.122. The lowest BCUT2D eigenvalue weighted by Gasteiger charge is -2.06. The molecule has 1 N–H and O–H groups in total. The third kappa shape index (κ3) is 3.75. The second kappa shape index (κ2) is 5.76. The number of aromatic nitrogens is 2. The first-order chi connectivity index (χ1) is 9.78. The summed E-state index contributed by atoms with van der Waals surface area (Å²) in [7, 11) is -4.00. The highest BCUT2D eigenvalue weighted by Gasteiger charge is 2.17. The molecule has 0 bridgehead atoms. The Kier molecular flexibility index (Phi) is 4.21. The highest BCUT2D eigenvalue weighted by molar-refractivity contribution is 7.92. The van der Waals surface area contributed by atoms with Gasteiger partial charge in [0.1, 0.15) is 12.4 Å². The Morgan fingerprint density at radius 3 is 2.71 bits per heavy atom. The first kappa shape index (κ1) is 15.4. The summed E-state index contributed by atoms with van der Waals surface area (Å²) in [5.41, 5.74) is 0.343. The average Bonchev–Trinajstić information content (AvgIpc) is 2.78. The van der Waals surface area contributed by atoms with Crippen molar-refractivity contribution < 1.29 is 21.6 Å². The van der Waals surface area contributed by atoms with Gasteiger partial charge in [0.2, 0.25) is 0 Å². The van der Waals surface area contributed by atoms with Crippen LogP contribution in [-0.4, -0.2) is 24.6 Å². The van der Waals surface area contributed by atoms with Crippen LogP contribution in [0.5, 0.6) is 0 Å². The van der Waals surface area contributed by atoms with Gasteiger partial charge in [-0.2, -0.15) is 5.10 Å². The number of alkyl halides is 2. The fourth-order valence-corrected chi connectivity index (χ4v) is 2.65. The summed E-state index contributed by atoms with van der Waals surface area (Å²) in [5, 5.41) is 3.60. The summed E-state index contributed by atoms with van der Waals surface area (Å²) >= 11 is 0. The van der Waals surface area contributed by atoms with Crippen molar-refractivity contribution >= 4 is 15.7 Å². The van der Waals surface area contributed by atoms with Crippen LogP contribution in [0.1, 0.15) is 5.56 Å². The van der Waals surface area contributed by atoms with E-state index < -0.39 is 28.8 Å². The molecular weight excluding hydrogens is 307 g/mol. The van der Waals surface area contributed by atoms with E-state index in [1.54, 1.807) is 0 Å². The number of nitrogens with one attached hydrogen (secondary N) is 1. The molecule has 1 aromatic heterocycles. The number of nitrogens with zero attached hydrogens (tertiary/aromatic N) is 2. The summed E-state index contributed by atoms with van der Waals surface area (Å²) in [6.07, 6.45) is -0.362. The van der Waals surface area contributed by atoms with Crippen LogP contribution >= 0.6 is 0 Å². The minimum absolute atomic E-state index is 0.0247. The van der Waals surface area contributed by atoms with E-state index in [-0.39, 0.29) is 10.6 Å². The van der Waals surface area contributed by atoms with Crippen LogP contribution in [0.15, 0.2) is 35.5 Å². The van der Waals surface area contributed by atoms with E-state index in [2.05, 4.69) is 9.82 Å². The summed E-state index contributed by atoms with van der Waals surface area (Å²) in [5.74, 6) is -0.647. The van der Waals surface area contributed by atoms with E-state index in [1.165, 1.54) is 19.1 Å². The Balaban J connectivity index is 2.20. The predicted octanol–water partition coefficient (Wildman–Crippen LogP) is 2.40. The molecule has 114 valence electrons. The van der Waals surface area contributed by atoms with E-state index in [4.69, 9.17) is 0 Å². The number of hydrogen-bond donors (Lipinski definition) is 1. The minimum atomic E-state index is -4.00. The number of benzene rings is 1. The molecule has 1 aromatic carbocycles. The molecule has 0 aliphatic heterocycles. The molecule has 5 nitrogen and oxygen atoms in total. The van der Waals surface area contributed by atoms with Crippen molar-refractivity contribution in [3.05, 3.63) is 42.0 Å². The molecule has 0 saturated carbocycles. The van der Waals surface area contributed by atoms with Crippen LogP contribution in [-0.2, 0) is 16.6 Å². The third-order valence-electron chi connectivity index (χ3n) is 2.66. The van der Waals surface area contributed by atoms with E-state index in [0.717, 1.165) is 23.1 Å². The highest BCUT2D eigenvalue weighted by atomic mass is 32.2. The molecule has 1 heterocycles. The van der Waals surface area contributed by atoms with Crippen molar-refractivity contribution in [2.45, 2.75) is 24.8 Å². The number of rotatable bonds is 5. The topological polar surface area (TPSA) is 64.0 Å². The SMILES string of the molecule is Cc1ccc(S(=O)(=O)Nc2cnn(CC(F)F)c2)cc1F. The average molecular weight is 319 g/mol. The van der Waals surface area contributed by atoms with E-state index >= 15 is 0 Å². The Labute approximate surface area is 119 Å². The zero-order valence-electron chi connectivity index (χ0n) is 10.9. The molecule has 0 aliphatic rings. The molecular formula is C12H12F3N3O2S. The largest absolute Gasteiger partial charge is 0.276 e. The number of aryl methyl sites for hydroxylation is 1. The van der Waals surface area contributed by atoms with E-state index in [1.807, 2.05) is 0 Å². The normalized spacial score (nSPS) is 11.9. The summed E-state index contributed by atoms with van der Waals surface area (Å²) < 4.78 is 64.9. The Morgan fingerprint density at radius 2 is 2.10 bits per heavy atom. The fraction of sp³-hybridized carbons (Fsp3) is 0.250. The zero-order valence-corrected chi connectivity index (χ0v) is 11.7. The van der Waals surface area contributed by atoms with Gasteiger partial charge in [0.15, 0.2) is 0 Å². The zero-order chi connectivity index (χ0) is 15.6. The number of anilines is 1. The maximum atomic E-state index is 13.4. The van der Waals surface area contributed by atoms with Gasteiger partial charge in [-0.3, -0.25) is 9.40 Å². The molecule has 0 aliphatic carbocycles. The van der Waals surface area contributed by atoms with Crippen molar-refractivity contribution in [3.63, 3.8) is 0 Å². The maximum Gasteiger partial charge on any atom is 0.262 e. The molecule has 2 rings (SSSR count). The Bertz CT molecular complexity index is 744. The molecule has 0 amide bonds. The second-order valence-corrected chi connectivity index (χ2v) is 6.04. The summed E-state index contributed by atoms with van der Waals surface area (Å²) in [4.78, 5) is -0.257. The van der Waals surface area contributed by atoms with Gasteiger partial charge >= 0.3 is 0 Å². The van der Waals surface area contributed by atoms with Crippen LogP contribution < -0.4 is 4.72 Å². The van der Waals surface area contributed by atoms with Crippen LogP contribution in [0.2, 0.25) is 0 Å². The molecule has 9 heteroatoms. The quantitative estimate of drug-likeness (QED) is 0.920. The Hall–Kier alpha value is -2.03. The standard InChI is InChI=1S/C12H12F3N3O2S/c1-8-2-3-10(4-11(8)13)21(19,20)17-9-5-16-18(6-9)7-12(14)15/h2-6,12,17H,7H2,1H3. The molecule has 21 heavy (non-hydrogen) atoms.